The zero-order chi connectivity index (χ0) is 24.0. The second-order valence-electron chi connectivity index (χ2n) is 7.63. The highest BCUT2D eigenvalue weighted by Gasteiger charge is 2.25. The number of benzene rings is 2. The van der Waals surface area contributed by atoms with Gasteiger partial charge in [-0.1, -0.05) is 41.4 Å². The molecule has 170 valence electrons. The molecule has 4 aromatic rings. The van der Waals surface area contributed by atoms with Crippen molar-refractivity contribution in [1.29, 1.82) is 0 Å². The maximum atomic E-state index is 13.6. The molecule has 0 spiro atoms. The van der Waals surface area contributed by atoms with Gasteiger partial charge in [0, 0.05) is 19.1 Å². The smallest absolute Gasteiger partial charge is 0.337 e. The van der Waals surface area contributed by atoms with Gasteiger partial charge in [-0.15, -0.1) is 11.3 Å². The van der Waals surface area contributed by atoms with E-state index in [1.165, 1.54) is 21.6 Å². The first-order chi connectivity index (χ1) is 15.6. The van der Waals surface area contributed by atoms with Gasteiger partial charge in [-0.3, -0.25) is 14.2 Å². The monoisotopic (exact) mass is 505 g/mol. The van der Waals surface area contributed by atoms with E-state index in [9.17, 15) is 18.8 Å². The minimum Gasteiger partial charge on any atom is -0.344 e. The van der Waals surface area contributed by atoms with E-state index in [1.807, 2.05) is 0 Å². The summed E-state index contributed by atoms with van der Waals surface area (Å²) in [6.45, 7) is 1.64. The molecule has 2 heterocycles. The third-order valence-corrected chi connectivity index (χ3v) is 7.22. The molecule has 2 aromatic carbocycles. The average Bonchev–Trinajstić information content (AvgIpc) is 3.10. The van der Waals surface area contributed by atoms with Gasteiger partial charge in [0.2, 0.25) is 0 Å². The van der Waals surface area contributed by atoms with Crippen LogP contribution in [0.25, 0.3) is 15.9 Å². The van der Waals surface area contributed by atoms with Crippen molar-refractivity contribution in [2.45, 2.75) is 13.5 Å². The Kier molecular flexibility index (Phi) is 6.18. The second kappa shape index (κ2) is 8.78. The molecule has 0 unspecified atom stereocenters. The molecule has 0 saturated heterocycles. The molecule has 0 aliphatic heterocycles. The molecule has 4 rings (SSSR count). The van der Waals surface area contributed by atoms with Crippen LogP contribution in [0.2, 0.25) is 10.0 Å². The predicted octanol–water partition coefficient (Wildman–Crippen LogP) is 4.72. The van der Waals surface area contributed by atoms with Gasteiger partial charge >= 0.3 is 5.69 Å². The molecule has 0 saturated carbocycles. The van der Waals surface area contributed by atoms with Crippen LogP contribution in [-0.2, 0) is 6.54 Å². The molecule has 0 fully saturated rings. The number of para-hydroxylation sites is 1. The van der Waals surface area contributed by atoms with Crippen molar-refractivity contribution in [1.82, 2.24) is 14.0 Å². The molecule has 0 radical (unpaired) electrons. The van der Waals surface area contributed by atoms with E-state index in [2.05, 4.69) is 0 Å². The van der Waals surface area contributed by atoms with Crippen LogP contribution in [0.1, 0.15) is 20.8 Å². The maximum absolute atomic E-state index is 13.6. The lowest BCUT2D eigenvalue weighted by Crippen LogP contribution is -2.39. The summed E-state index contributed by atoms with van der Waals surface area (Å²) in [7, 11) is 3.22. The Hall–Kier alpha value is -2.94. The van der Waals surface area contributed by atoms with Gasteiger partial charge in [0.15, 0.2) is 0 Å². The number of aryl methyl sites for hydroxylation is 1. The summed E-state index contributed by atoms with van der Waals surface area (Å²) in [4.78, 5) is 42.0. The Bertz CT molecular complexity index is 1540. The van der Waals surface area contributed by atoms with E-state index < -0.39 is 17.1 Å². The topological polar surface area (TPSA) is 64.3 Å². The number of thiophene rings is 1. The summed E-state index contributed by atoms with van der Waals surface area (Å²) in [5.41, 5.74) is -0.0425. The fraction of sp³-hybridized carbons (Fsp3) is 0.174. The third-order valence-electron chi connectivity index (χ3n) is 5.25. The number of amides is 1. The van der Waals surface area contributed by atoms with E-state index in [0.717, 1.165) is 22.0 Å². The van der Waals surface area contributed by atoms with Gasteiger partial charge in [0.25, 0.3) is 11.5 Å². The van der Waals surface area contributed by atoms with Crippen LogP contribution in [-0.4, -0.2) is 34.0 Å². The number of rotatable bonds is 4. The first-order valence-corrected chi connectivity index (χ1v) is 11.4. The SMILES string of the molecule is Cc1c(C(=O)N(C)C)sc2c1c(=O)n(-c1ccccc1Cl)c(=O)n2Cc1ccc(F)cc1Cl. The Morgan fingerprint density at radius 2 is 1.79 bits per heavy atom. The van der Waals surface area contributed by atoms with Crippen molar-refractivity contribution in [3.63, 3.8) is 0 Å². The fourth-order valence-electron chi connectivity index (χ4n) is 3.56. The molecule has 0 bridgehead atoms. The zero-order valence-corrected chi connectivity index (χ0v) is 20.2. The number of nitrogens with zero attached hydrogens (tertiary/aromatic N) is 3. The maximum Gasteiger partial charge on any atom is 0.337 e. The predicted molar refractivity (Wildman–Crippen MR) is 130 cm³/mol. The lowest BCUT2D eigenvalue weighted by molar-refractivity contribution is 0.0831. The van der Waals surface area contributed by atoms with E-state index >= 15 is 0 Å². The molecule has 33 heavy (non-hydrogen) atoms. The Labute approximate surface area is 202 Å². The second-order valence-corrected chi connectivity index (χ2v) is 9.45. The van der Waals surface area contributed by atoms with Gasteiger partial charge < -0.3 is 4.90 Å². The summed E-state index contributed by atoms with van der Waals surface area (Å²) >= 11 is 13.6. The van der Waals surface area contributed by atoms with Gasteiger partial charge in [-0.05, 0) is 42.3 Å². The lowest BCUT2D eigenvalue weighted by atomic mass is 10.2. The Morgan fingerprint density at radius 1 is 1.09 bits per heavy atom. The van der Waals surface area contributed by atoms with Gasteiger partial charge in [-0.25, -0.2) is 13.8 Å². The van der Waals surface area contributed by atoms with Crippen LogP contribution < -0.4 is 11.2 Å². The summed E-state index contributed by atoms with van der Waals surface area (Å²) in [5.74, 6) is -0.788. The molecule has 1 amide bonds. The summed E-state index contributed by atoms with van der Waals surface area (Å²) < 4.78 is 15.9. The van der Waals surface area contributed by atoms with Crippen LogP contribution in [0.5, 0.6) is 0 Å². The number of fused-ring (bicyclic) bond motifs is 1. The van der Waals surface area contributed by atoms with Gasteiger partial charge in [0.05, 0.1) is 27.5 Å². The number of carbonyl (C=O) groups is 1. The van der Waals surface area contributed by atoms with E-state index in [-0.39, 0.29) is 33.6 Å². The number of hydrogen-bond donors (Lipinski definition) is 0. The molecule has 0 aliphatic carbocycles. The minimum atomic E-state index is -0.647. The largest absolute Gasteiger partial charge is 0.344 e. The normalized spacial score (nSPS) is 11.2. The lowest BCUT2D eigenvalue weighted by Gasteiger charge is -2.14. The Morgan fingerprint density at radius 3 is 2.42 bits per heavy atom. The van der Waals surface area contributed by atoms with Gasteiger partial charge in [0.1, 0.15) is 10.6 Å². The highest BCUT2D eigenvalue weighted by molar-refractivity contribution is 7.20. The number of hydrogen-bond acceptors (Lipinski definition) is 4. The van der Waals surface area contributed by atoms with Crippen LogP contribution in [0, 0.1) is 12.7 Å². The minimum absolute atomic E-state index is 0.0330. The molecule has 6 nitrogen and oxygen atoms in total. The quantitative estimate of drug-likeness (QED) is 0.403. The Balaban J connectivity index is 2.11. The van der Waals surface area contributed by atoms with Crippen molar-refractivity contribution >= 4 is 50.7 Å². The van der Waals surface area contributed by atoms with E-state index in [4.69, 9.17) is 23.2 Å². The van der Waals surface area contributed by atoms with Crippen molar-refractivity contribution < 1.29 is 9.18 Å². The van der Waals surface area contributed by atoms with Crippen molar-refractivity contribution in [2.24, 2.45) is 0 Å². The third kappa shape index (κ3) is 3.99. The highest BCUT2D eigenvalue weighted by Crippen LogP contribution is 2.30. The van der Waals surface area contributed by atoms with Crippen molar-refractivity contribution in [3.05, 3.63) is 95.2 Å². The van der Waals surface area contributed by atoms with Crippen LogP contribution in [0.4, 0.5) is 4.39 Å². The van der Waals surface area contributed by atoms with Crippen LogP contribution in [0.15, 0.2) is 52.1 Å². The van der Waals surface area contributed by atoms with E-state index in [0.29, 0.717) is 20.8 Å². The fourth-order valence-corrected chi connectivity index (χ4v) is 5.32. The van der Waals surface area contributed by atoms with Crippen molar-refractivity contribution in [3.8, 4) is 5.69 Å². The van der Waals surface area contributed by atoms with Crippen LogP contribution in [0.3, 0.4) is 0 Å². The number of aromatic nitrogens is 2. The van der Waals surface area contributed by atoms with Crippen LogP contribution >= 0.6 is 34.5 Å². The number of carbonyl (C=O) groups excluding carboxylic acids is 1. The molecule has 10 heteroatoms. The van der Waals surface area contributed by atoms with Crippen molar-refractivity contribution in [2.75, 3.05) is 14.1 Å². The number of halogens is 3. The van der Waals surface area contributed by atoms with Gasteiger partial charge in [-0.2, -0.15) is 0 Å². The molecular formula is C23H18Cl2FN3O3S. The molecule has 0 atom stereocenters. The molecule has 2 aromatic heterocycles. The average molecular weight is 506 g/mol. The first-order valence-electron chi connectivity index (χ1n) is 9.81. The highest BCUT2D eigenvalue weighted by atomic mass is 35.5. The molecular weight excluding hydrogens is 488 g/mol. The summed E-state index contributed by atoms with van der Waals surface area (Å²) in [6.07, 6.45) is 0. The first kappa shape index (κ1) is 23.2. The molecule has 0 aliphatic rings. The molecule has 0 N–H and O–H groups in total. The van der Waals surface area contributed by atoms with E-state index in [1.54, 1.807) is 45.3 Å². The summed E-state index contributed by atoms with van der Waals surface area (Å²) in [6, 6.07) is 10.4. The zero-order valence-electron chi connectivity index (χ0n) is 17.9. The summed E-state index contributed by atoms with van der Waals surface area (Å²) in [5, 5.41) is 0.603. The standard InChI is InChI=1S/C23H18Cl2FN3O3S/c1-12-18-20(30)29(17-7-5-4-6-15(17)24)23(32)28(11-13-8-9-14(26)10-16(13)25)22(18)33-19(12)21(31)27(2)3/h4-10H,11H2,1-3H3.